The molecule has 4 rings (SSSR count). The van der Waals surface area contributed by atoms with E-state index in [1.807, 2.05) is 25.1 Å². The zero-order chi connectivity index (χ0) is 18.3. The van der Waals surface area contributed by atoms with E-state index < -0.39 is 5.91 Å². The van der Waals surface area contributed by atoms with Crippen molar-refractivity contribution in [2.45, 2.75) is 32.7 Å². The van der Waals surface area contributed by atoms with E-state index >= 15 is 0 Å². The van der Waals surface area contributed by atoms with Gasteiger partial charge in [-0.15, -0.1) is 0 Å². The Bertz CT molecular complexity index is 1080. The summed E-state index contributed by atoms with van der Waals surface area (Å²) >= 11 is 0. The molecule has 1 aliphatic carbocycles. The van der Waals surface area contributed by atoms with Gasteiger partial charge in [0.05, 0.1) is 0 Å². The molecular formula is C21H20N2O3. The van der Waals surface area contributed by atoms with Crippen LogP contribution in [0.3, 0.4) is 0 Å². The molecule has 5 nitrogen and oxygen atoms in total. The molecule has 5 heteroatoms. The van der Waals surface area contributed by atoms with Crippen LogP contribution in [0.1, 0.15) is 39.0 Å². The van der Waals surface area contributed by atoms with Gasteiger partial charge in [-0.2, -0.15) is 0 Å². The van der Waals surface area contributed by atoms with Crippen LogP contribution >= 0.6 is 0 Å². The molecule has 132 valence electrons. The molecule has 3 aromatic rings. The molecule has 0 bridgehead atoms. The van der Waals surface area contributed by atoms with Crippen LogP contribution in [-0.4, -0.2) is 5.91 Å². The summed E-state index contributed by atoms with van der Waals surface area (Å²) in [5.41, 5.74) is 11.4. The molecule has 0 unspecified atom stereocenters. The number of amides is 1. The van der Waals surface area contributed by atoms with Gasteiger partial charge < -0.3 is 15.5 Å². The number of primary amides is 1. The number of benzene rings is 2. The van der Waals surface area contributed by atoms with Crippen molar-refractivity contribution in [3.63, 3.8) is 0 Å². The molecule has 0 atom stereocenters. The summed E-state index contributed by atoms with van der Waals surface area (Å²) in [4.78, 5) is 23.3. The Kier molecular flexibility index (Phi) is 3.99. The third kappa shape index (κ3) is 2.96. The number of nitrogens with one attached hydrogen (secondary N) is 1. The highest BCUT2D eigenvalue weighted by Gasteiger charge is 2.15. The first-order chi connectivity index (χ1) is 12.5. The number of nitrogens with two attached hydrogens (primary N) is 1. The lowest BCUT2D eigenvalue weighted by molar-refractivity contribution is 0.0999. The normalized spacial score (nSPS) is 13.0. The van der Waals surface area contributed by atoms with Gasteiger partial charge >= 0.3 is 5.63 Å². The van der Waals surface area contributed by atoms with E-state index in [9.17, 15) is 9.59 Å². The number of carbonyl (C=O) groups is 1. The summed E-state index contributed by atoms with van der Waals surface area (Å²) in [6.45, 7) is 2.34. The van der Waals surface area contributed by atoms with E-state index in [1.54, 1.807) is 12.1 Å². The molecule has 0 saturated heterocycles. The number of carbonyl (C=O) groups excluding carboxylic acids is 1. The SMILES string of the molecule is Cc1cc(NCc2cc(=O)oc3cc4c(cc23)CCC4)ccc1C(N)=O. The van der Waals surface area contributed by atoms with Crippen molar-refractivity contribution in [1.29, 1.82) is 0 Å². The van der Waals surface area contributed by atoms with Crippen LogP contribution in [0.25, 0.3) is 11.0 Å². The van der Waals surface area contributed by atoms with Crippen LogP contribution in [0.4, 0.5) is 5.69 Å². The highest BCUT2D eigenvalue weighted by Crippen LogP contribution is 2.29. The Morgan fingerprint density at radius 2 is 1.92 bits per heavy atom. The molecule has 0 aliphatic heterocycles. The van der Waals surface area contributed by atoms with Crippen molar-refractivity contribution in [3.8, 4) is 0 Å². The standard InChI is InChI=1S/C21H20N2O3/c1-12-7-16(5-6-17(12)21(22)25)23-11-15-10-20(24)26-19-9-14-4-2-3-13(14)8-18(15)19/h5-10,23H,2-4,11H2,1H3,(H2,22,25). The Balaban J connectivity index is 1.66. The molecule has 0 radical (unpaired) electrons. The molecule has 2 aromatic carbocycles. The lowest BCUT2D eigenvalue weighted by Gasteiger charge is -2.11. The Labute approximate surface area is 150 Å². The van der Waals surface area contributed by atoms with E-state index in [-0.39, 0.29) is 5.63 Å². The maximum Gasteiger partial charge on any atom is 0.336 e. The van der Waals surface area contributed by atoms with E-state index in [1.165, 1.54) is 11.1 Å². The quantitative estimate of drug-likeness (QED) is 0.709. The molecule has 0 spiro atoms. The fourth-order valence-corrected chi connectivity index (χ4v) is 3.69. The first-order valence-electron chi connectivity index (χ1n) is 8.74. The molecular weight excluding hydrogens is 328 g/mol. The second kappa shape index (κ2) is 6.33. The number of fused-ring (bicyclic) bond motifs is 2. The fraction of sp³-hybridized carbons (Fsp3) is 0.238. The van der Waals surface area contributed by atoms with Gasteiger partial charge in [-0.1, -0.05) is 0 Å². The average Bonchev–Trinajstić information content (AvgIpc) is 3.04. The zero-order valence-corrected chi connectivity index (χ0v) is 14.6. The number of hydrogen-bond acceptors (Lipinski definition) is 4. The van der Waals surface area contributed by atoms with Crippen molar-refractivity contribution >= 4 is 22.6 Å². The minimum absolute atomic E-state index is 0.340. The molecule has 0 fully saturated rings. The summed E-state index contributed by atoms with van der Waals surface area (Å²) in [6.07, 6.45) is 3.27. The summed E-state index contributed by atoms with van der Waals surface area (Å²) in [5.74, 6) is -0.436. The lowest BCUT2D eigenvalue weighted by atomic mass is 10.0. The van der Waals surface area contributed by atoms with Crippen LogP contribution in [0.5, 0.6) is 0 Å². The number of rotatable bonds is 4. The third-order valence-corrected chi connectivity index (χ3v) is 5.02. The Morgan fingerprint density at radius 1 is 1.15 bits per heavy atom. The topological polar surface area (TPSA) is 85.3 Å². The molecule has 1 aliphatic rings. The average molecular weight is 348 g/mol. The highest BCUT2D eigenvalue weighted by molar-refractivity contribution is 5.94. The first-order valence-corrected chi connectivity index (χ1v) is 8.74. The second-order valence-electron chi connectivity index (χ2n) is 6.81. The van der Waals surface area contributed by atoms with Crippen molar-refractivity contribution in [2.75, 3.05) is 5.32 Å². The minimum Gasteiger partial charge on any atom is -0.423 e. The molecule has 3 N–H and O–H groups in total. The predicted octanol–water partition coefficient (Wildman–Crippen LogP) is 3.30. The van der Waals surface area contributed by atoms with Crippen LogP contribution in [0.2, 0.25) is 0 Å². The van der Waals surface area contributed by atoms with Gasteiger partial charge in [-0.25, -0.2) is 4.79 Å². The van der Waals surface area contributed by atoms with Gasteiger partial charge in [0.1, 0.15) is 5.58 Å². The van der Waals surface area contributed by atoms with Crippen molar-refractivity contribution in [2.24, 2.45) is 5.73 Å². The van der Waals surface area contributed by atoms with Crippen molar-refractivity contribution < 1.29 is 9.21 Å². The van der Waals surface area contributed by atoms with Crippen molar-refractivity contribution in [3.05, 3.63) is 74.6 Å². The number of anilines is 1. The van der Waals surface area contributed by atoms with Gasteiger partial charge in [0, 0.05) is 29.2 Å². The lowest BCUT2D eigenvalue weighted by Crippen LogP contribution is -2.13. The summed E-state index contributed by atoms with van der Waals surface area (Å²) in [7, 11) is 0. The van der Waals surface area contributed by atoms with Crippen LogP contribution < -0.4 is 16.7 Å². The van der Waals surface area contributed by atoms with E-state index in [2.05, 4.69) is 11.4 Å². The maximum absolute atomic E-state index is 11.9. The van der Waals surface area contributed by atoms with Crippen LogP contribution in [0, 0.1) is 6.92 Å². The monoisotopic (exact) mass is 348 g/mol. The van der Waals surface area contributed by atoms with Gasteiger partial charge in [0.2, 0.25) is 5.91 Å². The summed E-state index contributed by atoms with van der Waals surface area (Å²) in [6, 6.07) is 11.1. The summed E-state index contributed by atoms with van der Waals surface area (Å²) < 4.78 is 5.41. The second-order valence-corrected chi connectivity index (χ2v) is 6.81. The van der Waals surface area contributed by atoms with Crippen LogP contribution in [0.15, 0.2) is 45.6 Å². The van der Waals surface area contributed by atoms with Crippen molar-refractivity contribution in [1.82, 2.24) is 0 Å². The smallest absolute Gasteiger partial charge is 0.336 e. The number of hydrogen-bond donors (Lipinski definition) is 2. The fourth-order valence-electron chi connectivity index (χ4n) is 3.69. The van der Waals surface area contributed by atoms with Gasteiger partial charge in [-0.05, 0) is 78.8 Å². The number of aryl methyl sites for hydroxylation is 3. The van der Waals surface area contributed by atoms with Gasteiger partial charge in [0.25, 0.3) is 0 Å². The highest BCUT2D eigenvalue weighted by atomic mass is 16.4. The largest absolute Gasteiger partial charge is 0.423 e. The van der Waals surface area contributed by atoms with Gasteiger partial charge in [0.15, 0.2) is 0 Å². The molecule has 1 amide bonds. The van der Waals surface area contributed by atoms with E-state index in [0.717, 1.165) is 41.5 Å². The molecule has 1 heterocycles. The molecule has 0 saturated carbocycles. The van der Waals surface area contributed by atoms with E-state index in [4.69, 9.17) is 10.2 Å². The summed E-state index contributed by atoms with van der Waals surface area (Å²) in [5, 5.41) is 4.30. The first kappa shape index (κ1) is 16.4. The maximum atomic E-state index is 11.9. The predicted molar refractivity (Wildman–Crippen MR) is 102 cm³/mol. The molecule has 26 heavy (non-hydrogen) atoms. The Morgan fingerprint density at radius 3 is 2.65 bits per heavy atom. The zero-order valence-electron chi connectivity index (χ0n) is 14.6. The van der Waals surface area contributed by atoms with E-state index in [0.29, 0.717) is 17.7 Å². The van der Waals surface area contributed by atoms with Gasteiger partial charge in [-0.3, -0.25) is 4.79 Å². The van der Waals surface area contributed by atoms with Crippen LogP contribution in [-0.2, 0) is 19.4 Å². The third-order valence-electron chi connectivity index (χ3n) is 5.02. The molecule has 1 aromatic heterocycles. The Hall–Kier alpha value is -3.08. The minimum atomic E-state index is -0.436.